The van der Waals surface area contributed by atoms with Gasteiger partial charge in [0.1, 0.15) is 12.7 Å². The Balaban J connectivity index is 1.85. The topological polar surface area (TPSA) is 63.5 Å². The van der Waals surface area contributed by atoms with E-state index in [4.69, 9.17) is 4.74 Å². The van der Waals surface area contributed by atoms with Crippen LogP contribution in [0.4, 0.5) is 4.79 Å². The summed E-state index contributed by atoms with van der Waals surface area (Å²) in [5, 5.41) is 3.98. The normalized spacial score (nSPS) is 27.5. The molecule has 7 heteroatoms. The summed E-state index contributed by atoms with van der Waals surface area (Å²) in [6.45, 7) is 8.26. The van der Waals surface area contributed by atoms with Crippen molar-refractivity contribution in [1.29, 1.82) is 0 Å². The first kappa shape index (κ1) is 14.5. The summed E-state index contributed by atoms with van der Waals surface area (Å²) >= 11 is 0. The van der Waals surface area contributed by atoms with Crippen LogP contribution in [-0.2, 0) is 4.74 Å². The van der Waals surface area contributed by atoms with E-state index < -0.39 is 0 Å². The van der Waals surface area contributed by atoms with Crippen LogP contribution < -0.4 is 0 Å². The van der Waals surface area contributed by atoms with Crippen molar-refractivity contribution in [2.24, 2.45) is 0 Å². The monoisotopic (exact) mass is 293 g/mol. The van der Waals surface area contributed by atoms with Crippen LogP contribution in [0.1, 0.15) is 26.7 Å². The summed E-state index contributed by atoms with van der Waals surface area (Å²) in [5.41, 5.74) is -0.232. The molecule has 2 aliphatic rings. The second-order valence-corrected chi connectivity index (χ2v) is 6.22. The number of nitrogens with zero attached hydrogens (tertiary/aromatic N) is 5. The molecule has 0 N–H and O–H groups in total. The lowest BCUT2D eigenvalue weighted by molar-refractivity contribution is 0.0465. The van der Waals surface area contributed by atoms with E-state index in [1.165, 1.54) is 17.3 Å². The lowest BCUT2D eigenvalue weighted by Gasteiger charge is -2.40. The van der Waals surface area contributed by atoms with Gasteiger partial charge in [0, 0.05) is 25.7 Å². The number of hydrogen-bond acceptors (Lipinski definition) is 5. The first-order valence-corrected chi connectivity index (χ1v) is 7.61. The van der Waals surface area contributed by atoms with Gasteiger partial charge in [0.2, 0.25) is 0 Å². The highest BCUT2D eigenvalue weighted by atomic mass is 16.5. The minimum atomic E-state index is -0.232. The van der Waals surface area contributed by atoms with Crippen molar-refractivity contribution in [3.05, 3.63) is 12.7 Å². The van der Waals surface area contributed by atoms with Crippen molar-refractivity contribution in [2.75, 3.05) is 32.8 Å². The van der Waals surface area contributed by atoms with Crippen LogP contribution in [0.15, 0.2) is 12.7 Å². The molecule has 0 radical (unpaired) electrons. The van der Waals surface area contributed by atoms with Crippen LogP contribution >= 0.6 is 0 Å². The minimum Gasteiger partial charge on any atom is -0.378 e. The number of carbonyl (C=O) groups is 1. The molecule has 1 spiro atoms. The van der Waals surface area contributed by atoms with Gasteiger partial charge in [0.05, 0.1) is 18.8 Å². The van der Waals surface area contributed by atoms with Gasteiger partial charge in [-0.2, -0.15) is 9.78 Å². The number of amides is 1. The summed E-state index contributed by atoms with van der Waals surface area (Å²) in [4.78, 5) is 20.9. The second kappa shape index (κ2) is 5.73. The highest BCUT2D eigenvalue weighted by Gasteiger charge is 2.47. The number of rotatable bonds is 1. The molecule has 1 atom stereocenters. The SMILES string of the molecule is CC(C)N1CCOCC2(CCCN2C(=O)n2cncn2)C1. The molecule has 0 saturated carbocycles. The zero-order valence-corrected chi connectivity index (χ0v) is 12.7. The Bertz CT molecular complexity index is 490. The summed E-state index contributed by atoms with van der Waals surface area (Å²) in [5.74, 6) is 0. The predicted octanol–water partition coefficient (Wildman–Crippen LogP) is 0.821. The number of ether oxygens (including phenoxy) is 1. The molecule has 2 aliphatic heterocycles. The molecular weight excluding hydrogens is 270 g/mol. The van der Waals surface area contributed by atoms with Gasteiger partial charge in [-0.1, -0.05) is 0 Å². The standard InChI is InChI=1S/C14H23N5O2/c1-12(2)17-6-7-21-9-14(8-17)4-3-5-18(14)13(20)19-11-15-10-16-19/h10-12H,3-9H2,1-2H3. The molecule has 1 amide bonds. The van der Waals surface area contributed by atoms with E-state index in [-0.39, 0.29) is 11.6 Å². The number of aromatic nitrogens is 3. The van der Waals surface area contributed by atoms with Crippen molar-refractivity contribution < 1.29 is 9.53 Å². The van der Waals surface area contributed by atoms with Crippen LogP contribution in [0.25, 0.3) is 0 Å². The van der Waals surface area contributed by atoms with Crippen LogP contribution in [0, 0.1) is 0 Å². The third kappa shape index (κ3) is 2.67. The average molecular weight is 293 g/mol. The zero-order chi connectivity index (χ0) is 14.9. The van der Waals surface area contributed by atoms with Crippen LogP contribution in [0.5, 0.6) is 0 Å². The molecule has 2 saturated heterocycles. The Morgan fingerprint density at radius 1 is 1.38 bits per heavy atom. The first-order chi connectivity index (χ1) is 10.1. The molecule has 1 aromatic rings. The molecule has 0 aliphatic carbocycles. The Kier molecular flexibility index (Phi) is 3.95. The molecular formula is C14H23N5O2. The van der Waals surface area contributed by atoms with E-state index in [1.54, 1.807) is 0 Å². The Morgan fingerprint density at radius 2 is 2.24 bits per heavy atom. The highest BCUT2D eigenvalue weighted by Crippen LogP contribution is 2.33. The second-order valence-electron chi connectivity index (χ2n) is 6.22. The summed E-state index contributed by atoms with van der Waals surface area (Å²) in [7, 11) is 0. The van der Waals surface area contributed by atoms with Gasteiger partial charge < -0.3 is 9.64 Å². The summed E-state index contributed by atoms with van der Waals surface area (Å²) in [6, 6.07) is 0.353. The van der Waals surface area contributed by atoms with Gasteiger partial charge in [-0.3, -0.25) is 4.90 Å². The van der Waals surface area contributed by atoms with Gasteiger partial charge in [-0.25, -0.2) is 9.78 Å². The smallest absolute Gasteiger partial charge is 0.346 e. The molecule has 0 bridgehead atoms. The molecule has 7 nitrogen and oxygen atoms in total. The first-order valence-electron chi connectivity index (χ1n) is 7.61. The number of carbonyl (C=O) groups excluding carboxylic acids is 1. The number of likely N-dealkylation sites (tertiary alicyclic amines) is 1. The van der Waals surface area contributed by atoms with E-state index in [0.717, 1.165) is 39.1 Å². The fourth-order valence-corrected chi connectivity index (χ4v) is 3.37. The quantitative estimate of drug-likeness (QED) is 0.767. The highest BCUT2D eigenvalue weighted by molar-refractivity contribution is 5.77. The van der Waals surface area contributed by atoms with Crippen molar-refractivity contribution >= 4 is 6.03 Å². The largest absolute Gasteiger partial charge is 0.378 e. The van der Waals surface area contributed by atoms with E-state index in [2.05, 4.69) is 28.8 Å². The Hall–Kier alpha value is -1.47. The van der Waals surface area contributed by atoms with Crippen LogP contribution in [0.3, 0.4) is 0 Å². The Morgan fingerprint density at radius 3 is 2.95 bits per heavy atom. The van der Waals surface area contributed by atoms with Crippen molar-refractivity contribution in [3.8, 4) is 0 Å². The van der Waals surface area contributed by atoms with Gasteiger partial charge >= 0.3 is 6.03 Å². The third-order valence-corrected chi connectivity index (χ3v) is 4.56. The maximum atomic E-state index is 12.7. The van der Waals surface area contributed by atoms with E-state index >= 15 is 0 Å². The molecule has 21 heavy (non-hydrogen) atoms. The molecule has 116 valence electrons. The summed E-state index contributed by atoms with van der Waals surface area (Å²) in [6.07, 6.45) is 4.85. The van der Waals surface area contributed by atoms with Crippen molar-refractivity contribution in [2.45, 2.75) is 38.3 Å². The van der Waals surface area contributed by atoms with Gasteiger partial charge in [0.25, 0.3) is 0 Å². The van der Waals surface area contributed by atoms with E-state index in [9.17, 15) is 4.79 Å². The van der Waals surface area contributed by atoms with Crippen LogP contribution in [0.2, 0.25) is 0 Å². The molecule has 0 aromatic carbocycles. The Labute approximate surface area is 124 Å². The third-order valence-electron chi connectivity index (χ3n) is 4.56. The molecule has 1 aromatic heterocycles. The van der Waals surface area contributed by atoms with Crippen LogP contribution in [-0.4, -0.2) is 75.0 Å². The lowest BCUT2D eigenvalue weighted by atomic mass is 9.96. The van der Waals surface area contributed by atoms with E-state index in [1.807, 2.05) is 4.90 Å². The fourth-order valence-electron chi connectivity index (χ4n) is 3.37. The maximum Gasteiger partial charge on any atom is 0.346 e. The fraction of sp³-hybridized carbons (Fsp3) is 0.786. The van der Waals surface area contributed by atoms with Crippen molar-refractivity contribution in [1.82, 2.24) is 24.6 Å². The summed E-state index contributed by atoms with van der Waals surface area (Å²) < 4.78 is 7.15. The molecule has 3 heterocycles. The number of hydrogen-bond donors (Lipinski definition) is 0. The zero-order valence-electron chi connectivity index (χ0n) is 12.7. The van der Waals surface area contributed by atoms with Gasteiger partial charge in [0.15, 0.2) is 0 Å². The van der Waals surface area contributed by atoms with Gasteiger partial charge in [-0.05, 0) is 26.7 Å². The molecule has 3 rings (SSSR count). The molecule has 2 fully saturated rings. The minimum absolute atomic E-state index is 0.0980. The van der Waals surface area contributed by atoms with E-state index in [0.29, 0.717) is 12.6 Å². The predicted molar refractivity (Wildman–Crippen MR) is 77.0 cm³/mol. The molecule has 1 unspecified atom stereocenters. The lowest BCUT2D eigenvalue weighted by Crippen LogP contribution is -2.57. The maximum absolute atomic E-state index is 12.7. The van der Waals surface area contributed by atoms with Crippen molar-refractivity contribution in [3.63, 3.8) is 0 Å². The average Bonchev–Trinajstić information content (AvgIpc) is 3.06. The van der Waals surface area contributed by atoms with Gasteiger partial charge in [-0.15, -0.1) is 0 Å².